The lowest BCUT2D eigenvalue weighted by Crippen LogP contribution is -2.53. The lowest BCUT2D eigenvalue weighted by atomic mass is 9.44. The van der Waals surface area contributed by atoms with Gasteiger partial charge < -0.3 is 5.21 Å². The van der Waals surface area contributed by atoms with Gasteiger partial charge in [0.1, 0.15) is 0 Å². The van der Waals surface area contributed by atoms with Crippen LogP contribution in [0.1, 0.15) is 70.8 Å². The van der Waals surface area contributed by atoms with Crippen LogP contribution in [-0.2, 0) is 0 Å². The molecule has 1 unspecified atom stereocenters. The molecule has 0 amide bonds. The Morgan fingerprint density at radius 2 is 2.04 bits per heavy atom. The standard InChI is InChI=1S/C24H32N2O/c1-23-11-9-18(26-27)14-17(23)5-6-19-21-8-7-20(16-4-3-13-25-15-16)24(21,2)12-10-22(19)23/h3-4,7,13,15,17,19,21-22,27H,5-6,8-12,14H2,1-2H3/b26-18+/t17?,19-,21-,22-,23-,24+/m0/s1. The number of rotatable bonds is 1. The van der Waals surface area contributed by atoms with Crippen LogP contribution in [0.5, 0.6) is 0 Å². The smallest absolute Gasteiger partial charge is 0.0574 e. The number of aromatic nitrogens is 1. The third-order valence-corrected chi connectivity index (χ3v) is 9.19. The van der Waals surface area contributed by atoms with Crippen molar-refractivity contribution in [1.82, 2.24) is 4.98 Å². The third kappa shape index (κ3) is 2.46. The highest BCUT2D eigenvalue weighted by atomic mass is 16.4. The highest BCUT2D eigenvalue weighted by Gasteiger charge is 2.58. The molecule has 0 spiro atoms. The Balaban J connectivity index is 1.43. The molecule has 4 aliphatic rings. The van der Waals surface area contributed by atoms with E-state index in [9.17, 15) is 5.21 Å². The van der Waals surface area contributed by atoms with E-state index < -0.39 is 0 Å². The molecule has 1 heterocycles. The van der Waals surface area contributed by atoms with Crippen LogP contribution in [0, 0.1) is 34.5 Å². The molecule has 3 heteroatoms. The van der Waals surface area contributed by atoms with Gasteiger partial charge in [0.05, 0.1) is 5.71 Å². The predicted octanol–water partition coefficient (Wildman–Crippen LogP) is 5.95. The van der Waals surface area contributed by atoms with Gasteiger partial charge in [0, 0.05) is 12.4 Å². The summed E-state index contributed by atoms with van der Waals surface area (Å²) in [5.41, 5.74) is 4.69. The largest absolute Gasteiger partial charge is 0.411 e. The molecule has 0 radical (unpaired) electrons. The van der Waals surface area contributed by atoms with E-state index in [1.165, 1.54) is 44.1 Å². The average molecular weight is 365 g/mol. The van der Waals surface area contributed by atoms with Crippen molar-refractivity contribution in [1.29, 1.82) is 0 Å². The van der Waals surface area contributed by atoms with E-state index in [0.29, 0.717) is 10.8 Å². The first-order chi connectivity index (χ1) is 13.1. The molecule has 0 aliphatic heterocycles. The molecule has 5 rings (SSSR count). The van der Waals surface area contributed by atoms with Gasteiger partial charge in [-0.05, 0) is 103 Å². The van der Waals surface area contributed by atoms with Gasteiger partial charge in [-0.3, -0.25) is 4.98 Å². The lowest BCUT2D eigenvalue weighted by molar-refractivity contribution is -0.0837. The summed E-state index contributed by atoms with van der Waals surface area (Å²) in [4.78, 5) is 4.39. The van der Waals surface area contributed by atoms with Crippen molar-refractivity contribution in [2.24, 2.45) is 39.7 Å². The van der Waals surface area contributed by atoms with Crippen molar-refractivity contribution in [2.45, 2.75) is 65.2 Å². The number of pyridine rings is 1. The second-order valence-electron chi connectivity index (χ2n) is 10.1. The highest BCUT2D eigenvalue weighted by Crippen LogP contribution is 2.67. The molecule has 1 aromatic heterocycles. The Kier molecular flexibility index (Phi) is 4.00. The zero-order chi connectivity index (χ0) is 18.6. The molecule has 3 nitrogen and oxygen atoms in total. The summed E-state index contributed by atoms with van der Waals surface area (Å²) in [6, 6.07) is 4.32. The van der Waals surface area contributed by atoms with Gasteiger partial charge in [0.15, 0.2) is 0 Å². The molecule has 0 saturated heterocycles. The summed E-state index contributed by atoms with van der Waals surface area (Å²) in [7, 11) is 0. The second kappa shape index (κ2) is 6.18. The molecule has 3 fully saturated rings. The molecule has 1 N–H and O–H groups in total. The molecule has 6 atom stereocenters. The normalized spacial score (nSPS) is 45.0. The van der Waals surface area contributed by atoms with E-state index in [2.05, 4.69) is 48.4 Å². The Labute approximate surface area is 163 Å². The van der Waals surface area contributed by atoms with Gasteiger partial charge in [0.25, 0.3) is 0 Å². The van der Waals surface area contributed by atoms with Crippen LogP contribution in [0.4, 0.5) is 0 Å². The van der Waals surface area contributed by atoms with Crippen molar-refractivity contribution >= 4 is 11.3 Å². The molecule has 1 aromatic rings. The zero-order valence-electron chi connectivity index (χ0n) is 16.7. The first-order valence-electron chi connectivity index (χ1n) is 10.9. The monoisotopic (exact) mass is 364 g/mol. The molecule has 0 bridgehead atoms. The van der Waals surface area contributed by atoms with E-state index >= 15 is 0 Å². The van der Waals surface area contributed by atoms with E-state index in [-0.39, 0.29) is 0 Å². The van der Waals surface area contributed by atoms with Gasteiger partial charge in [0.2, 0.25) is 0 Å². The highest BCUT2D eigenvalue weighted by molar-refractivity contribution is 5.85. The summed E-state index contributed by atoms with van der Waals surface area (Å²) in [6.07, 6.45) is 16.3. The first-order valence-corrected chi connectivity index (χ1v) is 10.9. The van der Waals surface area contributed by atoms with Crippen LogP contribution in [0.15, 0.2) is 35.8 Å². The van der Waals surface area contributed by atoms with E-state index in [1.807, 2.05) is 6.20 Å². The Morgan fingerprint density at radius 1 is 1.15 bits per heavy atom. The minimum absolute atomic E-state index is 0.319. The topological polar surface area (TPSA) is 45.5 Å². The maximum absolute atomic E-state index is 9.27. The SMILES string of the molecule is C[C@]12CC/C(=N\O)CC1CC[C@@H]1[C@@H]2CC[C@]2(C)C(c3cccnc3)=CC[C@@H]12. The first kappa shape index (κ1) is 17.5. The Bertz CT molecular complexity index is 785. The number of allylic oxidation sites excluding steroid dienone is 2. The fourth-order valence-corrected chi connectivity index (χ4v) is 7.69. The summed E-state index contributed by atoms with van der Waals surface area (Å²) < 4.78 is 0. The molecule has 27 heavy (non-hydrogen) atoms. The van der Waals surface area contributed by atoms with Gasteiger partial charge in [-0.2, -0.15) is 0 Å². The maximum atomic E-state index is 9.27. The summed E-state index contributed by atoms with van der Waals surface area (Å²) in [5.74, 6) is 3.20. The number of oxime groups is 1. The lowest BCUT2D eigenvalue weighted by Gasteiger charge is -2.60. The van der Waals surface area contributed by atoms with Crippen LogP contribution < -0.4 is 0 Å². The average Bonchev–Trinajstić information content (AvgIpc) is 3.05. The van der Waals surface area contributed by atoms with Crippen molar-refractivity contribution < 1.29 is 5.21 Å². The van der Waals surface area contributed by atoms with Crippen molar-refractivity contribution in [2.75, 3.05) is 0 Å². The third-order valence-electron chi connectivity index (χ3n) is 9.19. The van der Waals surface area contributed by atoms with Crippen molar-refractivity contribution in [3.05, 3.63) is 36.2 Å². The maximum Gasteiger partial charge on any atom is 0.0574 e. The van der Waals surface area contributed by atoms with Gasteiger partial charge in [-0.25, -0.2) is 0 Å². The minimum Gasteiger partial charge on any atom is -0.411 e. The van der Waals surface area contributed by atoms with Crippen LogP contribution >= 0.6 is 0 Å². The summed E-state index contributed by atoms with van der Waals surface area (Å²) in [6.45, 7) is 5.10. The number of hydrogen-bond acceptors (Lipinski definition) is 3. The van der Waals surface area contributed by atoms with E-state index in [1.54, 1.807) is 5.57 Å². The van der Waals surface area contributed by atoms with Crippen LogP contribution in [0.25, 0.3) is 5.57 Å². The second-order valence-corrected chi connectivity index (χ2v) is 10.1. The van der Waals surface area contributed by atoms with Gasteiger partial charge >= 0.3 is 0 Å². The minimum atomic E-state index is 0.319. The summed E-state index contributed by atoms with van der Waals surface area (Å²) >= 11 is 0. The number of nitrogens with zero attached hydrogens (tertiary/aromatic N) is 2. The van der Waals surface area contributed by atoms with Crippen LogP contribution in [0.3, 0.4) is 0 Å². The molecule has 0 aromatic carbocycles. The fraction of sp³-hybridized carbons (Fsp3) is 0.667. The van der Waals surface area contributed by atoms with Gasteiger partial charge in [-0.15, -0.1) is 0 Å². The van der Waals surface area contributed by atoms with Gasteiger partial charge in [-0.1, -0.05) is 31.1 Å². The van der Waals surface area contributed by atoms with Crippen molar-refractivity contribution in [3.63, 3.8) is 0 Å². The quantitative estimate of drug-likeness (QED) is 0.494. The van der Waals surface area contributed by atoms with Crippen LogP contribution in [-0.4, -0.2) is 15.9 Å². The van der Waals surface area contributed by atoms with Crippen molar-refractivity contribution in [3.8, 4) is 0 Å². The Hall–Kier alpha value is -1.64. The van der Waals surface area contributed by atoms with E-state index in [0.717, 1.165) is 42.2 Å². The Morgan fingerprint density at radius 3 is 2.81 bits per heavy atom. The summed E-state index contributed by atoms with van der Waals surface area (Å²) in [5, 5.41) is 12.9. The number of fused-ring (bicyclic) bond motifs is 5. The fourth-order valence-electron chi connectivity index (χ4n) is 7.69. The molecule has 144 valence electrons. The molecular weight excluding hydrogens is 332 g/mol. The number of hydrogen-bond donors (Lipinski definition) is 1. The molecule has 4 aliphatic carbocycles. The van der Waals surface area contributed by atoms with E-state index in [4.69, 9.17) is 0 Å². The molecular formula is C24H32N2O. The predicted molar refractivity (Wildman–Crippen MR) is 109 cm³/mol. The van der Waals surface area contributed by atoms with Crippen LogP contribution in [0.2, 0.25) is 0 Å². The molecule has 3 saturated carbocycles. The zero-order valence-corrected chi connectivity index (χ0v) is 16.7.